The molecule has 0 atom stereocenters. The highest BCUT2D eigenvalue weighted by Gasteiger charge is 2.23. The van der Waals surface area contributed by atoms with Gasteiger partial charge in [0.05, 0.1) is 0 Å². The summed E-state index contributed by atoms with van der Waals surface area (Å²) in [5, 5.41) is 0.0700. The molecule has 0 radical (unpaired) electrons. The predicted octanol–water partition coefficient (Wildman–Crippen LogP) is 3.42. The summed E-state index contributed by atoms with van der Waals surface area (Å²) in [6.07, 6.45) is 0. The first-order valence-electron chi connectivity index (χ1n) is 10.5. The third kappa shape index (κ3) is 6.35. The molecule has 4 N–H and O–H groups in total. The summed E-state index contributed by atoms with van der Waals surface area (Å²) >= 11 is 4.68. The van der Waals surface area contributed by atoms with Gasteiger partial charge in [0.15, 0.2) is 5.11 Å². The molecule has 1 saturated heterocycles. The number of rotatable bonds is 6. The molecule has 5 nitrogen and oxygen atoms in total. The van der Waals surface area contributed by atoms with Crippen molar-refractivity contribution in [2.45, 2.75) is 39.3 Å². The maximum atomic E-state index is 14.7. The van der Waals surface area contributed by atoms with Crippen LogP contribution in [0.4, 0.5) is 14.5 Å². The summed E-state index contributed by atoms with van der Waals surface area (Å²) in [4.78, 5) is 4.10. The average molecular weight is 448 g/mol. The van der Waals surface area contributed by atoms with E-state index >= 15 is 0 Å². The zero-order chi connectivity index (χ0) is 22.6. The van der Waals surface area contributed by atoms with Crippen LogP contribution in [0.2, 0.25) is 0 Å². The number of halogens is 2. The second kappa shape index (κ2) is 9.89. The Bertz CT molecular complexity index is 880. The van der Waals surface area contributed by atoms with Crippen molar-refractivity contribution in [3.05, 3.63) is 64.7 Å². The van der Waals surface area contributed by atoms with Gasteiger partial charge in [0.2, 0.25) is 0 Å². The van der Waals surface area contributed by atoms with E-state index in [1.54, 1.807) is 4.90 Å². The van der Waals surface area contributed by atoms with E-state index in [4.69, 9.17) is 5.73 Å². The number of hydrazine groups is 1. The van der Waals surface area contributed by atoms with Gasteiger partial charge >= 0.3 is 0 Å². The number of piperazine rings is 1. The van der Waals surface area contributed by atoms with Crippen LogP contribution in [-0.4, -0.2) is 36.2 Å². The molecular formula is C23H31F2N5S. The third-order valence-corrected chi connectivity index (χ3v) is 5.60. The van der Waals surface area contributed by atoms with E-state index < -0.39 is 11.6 Å². The molecule has 1 fully saturated rings. The van der Waals surface area contributed by atoms with Crippen LogP contribution in [0.1, 0.15) is 37.5 Å². The van der Waals surface area contributed by atoms with Crippen LogP contribution >= 0.6 is 12.2 Å². The summed E-state index contributed by atoms with van der Waals surface area (Å²) in [5.74, 6) is -1.11. The zero-order valence-corrected chi connectivity index (χ0v) is 19.2. The van der Waals surface area contributed by atoms with Gasteiger partial charge in [-0.3, -0.25) is 10.3 Å². The minimum atomic E-state index is -0.557. The van der Waals surface area contributed by atoms with Crippen LogP contribution in [0.15, 0.2) is 36.4 Å². The van der Waals surface area contributed by atoms with Crippen molar-refractivity contribution in [3.63, 3.8) is 0 Å². The number of hydrogen-bond donors (Lipinski definition) is 3. The number of nitrogens with two attached hydrogens (primary N) is 1. The quantitative estimate of drug-likeness (QED) is 0.466. The van der Waals surface area contributed by atoms with Crippen LogP contribution in [0.5, 0.6) is 0 Å². The van der Waals surface area contributed by atoms with Gasteiger partial charge in [-0.1, -0.05) is 45.0 Å². The van der Waals surface area contributed by atoms with Gasteiger partial charge < -0.3 is 10.6 Å². The molecule has 2 aromatic carbocycles. The first-order valence-corrected chi connectivity index (χ1v) is 10.9. The zero-order valence-electron chi connectivity index (χ0n) is 18.3. The standard InChI is InChI=1S/C23H31F2N5S/c1-23(2,3)18-6-4-16(5-7-18)15-29-8-10-30(11-9-29)21-19(24)12-17(13-20(21)25)14-27-28-22(26)31/h4-7,12-13,27H,8-11,14-15H2,1-3H3,(H3,26,28,31). The van der Waals surface area contributed by atoms with Crippen molar-refractivity contribution >= 4 is 23.0 Å². The van der Waals surface area contributed by atoms with Crippen molar-refractivity contribution < 1.29 is 8.78 Å². The maximum absolute atomic E-state index is 14.7. The lowest BCUT2D eigenvalue weighted by Crippen LogP contribution is -2.46. The summed E-state index contributed by atoms with van der Waals surface area (Å²) in [7, 11) is 0. The minimum Gasteiger partial charge on any atom is -0.375 e. The molecule has 0 bridgehead atoms. The molecule has 0 saturated carbocycles. The van der Waals surface area contributed by atoms with E-state index in [1.165, 1.54) is 23.3 Å². The Morgan fingerprint density at radius 2 is 1.58 bits per heavy atom. The van der Waals surface area contributed by atoms with E-state index in [9.17, 15) is 8.78 Å². The lowest BCUT2D eigenvalue weighted by atomic mass is 9.87. The fraction of sp³-hybridized carbons (Fsp3) is 0.435. The van der Waals surface area contributed by atoms with Crippen LogP contribution in [0, 0.1) is 11.6 Å². The normalized spacial score (nSPS) is 15.2. The van der Waals surface area contributed by atoms with E-state index in [1.807, 2.05) is 0 Å². The van der Waals surface area contributed by atoms with Crippen LogP contribution in [0.3, 0.4) is 0 Å². The number of thiocarbonyl (C=S) groups is 1. The molecule has 0 unspecified atom stereocenters. The highest BCUT2D eigenvalue weighted by Crippen LogP contribution is 2.27. The van der Waals surface area contributed by atoms with Crippen LogP contribution in [0.25, 0.3) is 0 Å². The summed E-state index contributed by atoms with van der Waals surface area (Å²) in [6.45, 7) is 10.3. The predicted molar refractivity (Wildman–Crippen MR) is 126 cm³/mol. The molecule has 0 spiro atoms. The summed E-state index contributed by atoms with van der Waals surface area (Å²) < 4.78 is 29.3. The Balaban J connectivity index is 1.57. The van der Waals surface area contributed by atoms with E-state index in [0.717, 1.165) is 19.6 Å². The van der Waals surface area contributed by atoms with E-state index in [2.05, 4.69) is 73.0 Å². The molecular weight excluding hydrogens is 416 g/mol. The second-order valence-electron chi connectivity index (χ2n) is 8.96. The minimum absolute atomic E-state index is 0.0419. The number of benzene rings is 2. The first-order chi connectivity index (χ1) is 14.6. The fourth-order valence-corrected chi connectivity index (χ4v) is 3.83. The summed E-state index contributed by atoms with van der Waals surface area (Å²) in [6, 6.07) is 11.4. The molecule has 8 heteroatoms. The first kappa shape index (κ1) is 23.4. The van der Waals surface area contributed by atoms with E-state index in [0.29, 0.717) is 18.7 Å². The molecule has 2 aromatic rings. The molecule has 1 aliphatic rings. The highest BCUT2D eigenvalue weighted by atomic mass is 32.1. The fourth-order valence-electron chi connectivity index (χ4n) is 3.75. The second-order valence-corrected chi connectivity index (χ2v) is 9.40. The Labute approximate surface area is 188 Å². The molecule has 168 valence electrons. The Hall–Kier alpha value is -2.29. The molecule has 3 rings (SSSR count). The van der Waals surface area contributed by atoms with Crippen LogP contribution in [-0.2, 0) is 18.5 Å². The number of nitrogens with zero attached hydrogens (tertiary/aromatic N) is 2. The molecule has 0 aliphatic carbocycles. The molecule has 0 aromatic heterocycles. The van der Waals surface area contributed by atoms with Crippen molar-refractivity contribution in [3.8, 4) is 0 Å². The Morgan fingerprint density at radius 1 is 1.00 bits per heavy atom. The molecule has 1 heterocycles. The third-order valence-electron chi connectivity index (χ3n) is 5.50. The monoisotopic (exact) mass is 447 g/mol. The lowest BCUT2D eigenvalue weighted by Gasteiger charge is -2.36. The number of anilines is 1. The van der Waals surface area contributed by atoms with Crippen LogP contribution < -0.4 is 21.5 Å². The largest absolute Gasteiger partial charge is 0.375 e. The molecule has 0 amide bonds. The Morgan fingerprint density at radius 3 is 2.10 bits per heavy atom. The maximum Gasteiger partial charge on any atom is 0.178 e. The Kier molecular flexibility index (Phi) is 7.46. The van der Waals surface area contributed by atoms with Gasteiger partial charge in [-0.2, -0.15) is 0 Å². The van der Waals surface area contributed by atoms with E-state index in [-0.39, 0.29) is 22.8 Å². The van der Waals surface area contributed by atoms with Crippen molar-refractivity contribution in [2.75, 3.05) is 31.1 Å². The van der Waals surface area contributed by atoms with Crippen molar-refractivity contribution in [1.29, 1.82) is 0 Å². The van der Waals surface area contributed by atoms with Gasteiger partial charge in [-0.15, -0.1) is 0 Å². The number of hydrogen-bond acceptors (Lipinski definition) is 4. The molecule has 1 aliphatic heterocycles. The van der Waals surface area contributed by atoms with Crippen molar-refractivity contribution in [2.24, 2.45) is 5.73 Å². The highest BCUT2D eigenvalue weighted by molar-refractivity contribution is 7.80. The van der Waals surface area contributed by atoms with Gasteiger partial charge in [0.25, 0.3) is 0 Å². The van der Waals surface area contributed by atoms with Gasteiger partial charge in [-0.05, 0) is 46.5 Å². The summed E-state index contributed by atoms with van der Waals surface area (Å²) in [5.41, 5.74) is 13.8. The smallest absolute Gasteiger partial charge is 0.178 e. The topological polar surface area (TPSA) is 56.6 Å². The lowest BCUT2D eigenvalue weighted by molar-refractivity contribution is 0.248. The SMILES string of the molecule is CC(C)(C)c1ccc(CN2CCN(c3c(F)cc(CNNC(N)=S)cc3F)CC2)cc1. The van der Waals surface area contributed by atoms with Crippen molar-refractivity contribution in [1.82, 2.24) is 15.8 Å². The molecule has 31 heavy (non-hydrogen) atoms. The average Bonchev–Trinajstić information content (AvgIpc) is 2.68. The van der Waals surface area contributed by atoms with Gasteiger partial charge in [0.1, 0.15) is 17.3 Å². The number of nitrogens with one attached hydrogen (secondary N) is 2. The van der Waals surface area contributed by atoms with Gasteiger partial charge in [0, 0.05) is 39.3 Å². The van der Waals surface area contributed by atoms with Gasteiger partial charge in [-0.25, -0.2) is 14.2 Å².